The van der Waals surface area contributed by atoms with E-state index in [2.05, 4.69) is 0 Å². The van der Waals surface area contributed by atoms with Gasteiger partial charge in [0.1, 0.15) is 6.04 Å². The Labute approximate surface area is 144 Å². The maximum absolute atomic E-state index is 13.4. The highest BCUT2D eigenvalue weighted by molar-refractivity contribution is 7.89. The van der Waals surface area contributed by atoms with Crippen molar-refractivity contribution in [1.82, 2.24) is 4.72 Å². The topological polar surface area (TPSA) is 46.2 Å². The highest BCUT2D eigenvalue weighted by atomic mass is 32.2. The van der Waals surface area contributed by atoms with E-state index in [1.165, 1.54) is 36.4 Å². The molecule has 134 valence electrons. The van der Waals surface area contributed by atoms with Gasteiger partial charge in [-0.25, -0.2) is 8.42 Å². The molecule has 3 nitrogen and oxygen atoms in total. The Bertz CT molecular complexity index is 874. The van der Waals surface area contributed by atoms with Crippen molar-refractivity contribution < 1.29 is 21.6 Å². The third kappa shape index (κ3) is 3.88. The smallest absolute Gasteiger partial charge is 0.207 e. The summed E-state index contributed by atoms with van der Waals surface area (Å²) in [7, 11) is -4.29. The second-order valence-corrected chi connectivity index (χ2v) is 8.00. The first-order valence-corrected chi connectivity index (χ1v) is 9.42. The molecule has 7 heteroatoms. The van der Waals surface area contributed by atoms with Crippen molar-refractivity contribution in [2.45, 2.75) is 43.3 Å². The van der Waals surface area contributed by atoms with Crippen LogP contribution in [0.3, 0.4) is 0 Å². The number of sulfonamides is 1. The summed E-state index contributed by atoms with van der Waals surface area (Å²) in [6.45, 7) is 1.75. The second-order valence-electron chi connectivity index (χ2n) is 6.29. The van der Waals surface area contributed by atoms with E-state index in [0.29, 0.717) is 0 Å². The van der Waals surface area contributed by atoms with E-state index >= 15 is 0 Å². The molecule has 3 rings (SSSR count). The molecular weight excluding hydrogens is 351 g/mol. The Morgan fingerprint density at radius 2 is 1.64 bits per heavy atom. The predicted octanol–water partition coefficient (Wildman–Crippen LogP) is 4.07. The SMILES string of the molecule is Cc1ccc([C@H](NS(=O)(=O)c2ccc3c(c2)CCC3)C(F)(F)F)cc1. The second kappa shape index (κ2) is 6.46. The normalized spacial score (nSPS) is 15.8. The molecule has 1 N–H and O–H groups in total. The zero-order valence-electron chi connectivity index (χ0n) is 13.6. The predicted molar refractivity (Wildman–Crippen MR) is 88.8 cm³/mol. The molecule has 0 aliphatic heterocycles. The fourth-order valence-corrected chi connectivity index (χ4v) is 4.28. The number of hydrogen-bond acceptors (Lipinski definition) is 2. The van der Waals surface area contributed by atoms with Crippen molar-refractivity contribution in [1.29, 1.82) is 0 Å². The monoisotopic (exact) mass is 369 g/mol. The summed E-state index contributed by atoms with van der Waals surface area (Å²) in [5, 5.41) is 0. The van der Waals surface area contributed by atoms with E-state index in [1.807, 2.05) is 4.72 Å². The van der Waals surface area contributed by atoms with Gasteiger partial charge in [-0.2, -0.15) is 17.9 Å². The van der Waals surface area contributed by atoms with Gasteiger partial charge in [-0.15, -0.1) is 0 Å². The minimum absolute atomic E-state index is 0.130. The summed E-state index contributed by atoms with van der Waals surface area (Å²) in [5.41, 5.74) is 2.61. The van der Waals surface area contributed by atoms with Crippen LogP contribution in [-0.2, 0) is 22.9 Å². The van der Waals surface area contributed by atoms with Gasteiger partial charge in [0.2, 0.25) is 10.0 Å². The van der Waals surface area contributed by atoms with Crippen LogP contribution in [0.15, 0.2) is 47.4 Å². The largest absolute Gasteiger partial charge is 0.408 e. The first-order chi connectivity index (χ1) is 11.7. The van der Waals surface area contributed by atoms with Crippen LogP contribution in [0.5, 0.6) is 0 Å². The fraction of sp³-hybridized carbons (Fsp3) is 0.333. The molecule has 1 aliphatic carbocycles. The minimum Gasteiger partial charge on any atom is -0.207 e. The molecule has 0 heterocycles. The number of hydrogen-bond donors (Lipinski definition) is 1. The molecule has 0 fully saturated rings. The molecule has 0 spiro atoms. The summed E-state index contributed by atoms with van der Waals surface area (Å²) in [4.78, 5) is -0.130. The van der Waals surface area contributed by atoms with Crippen LogP contribution in [0.25, 0.3) is 0 Å². The molecule has 25 heavy (non-hydrogen) atoms. The lowest BCUT2D eigenvalue weighted by Gasteiger charge is -2.22. The van der Waals surface area contributed by atoms with Gasteiger partial charge in [-0.3, -0.25) is 0 Å². The van der Waals surface area contributed by atoms with E-state index in [0.717, 1.165) is 36.0 Å². The number of fused-ring (bicyclic) bond motifs is 1. The summed E-state index contributed by atoms with van der Waals surface area (Å²) < 4.78 is 67.2. The molecule has 0 saturated carbocycles. The summed E-state index contributed by atoms with van der Waals surface area (Å²) >= 11 is 0. The van der Waals surface area contributed by atoms with Crippen LogP contribution >= 0.6 is 0 Å². The first-order valence-electron chi connectivity index (χ1n) is 7.94. The summed E-state index contributed by atoms with van der Waals surface area (Å²) in [6, 6.07) is 7.88. The lowest BCUT2D eigenvalue weighted by atomic mass is 10.1. The standard InChI is InChI=1S/C18H18F3NO2S/c1-12-5-7-14(8-6-12)17(18(19,20)21)22-25(23,24)16-10-9-13-3-2-4-15(13)11-16/h5-11,17,22H,2-4H2,1H3/t17-/m0/s1. The Balaban J connectivity index is 1.94. The third-order valence-corrected chi connectivity index (χ3v) is 5.81. The van der Waals surface area contributed by atoms with Crippen molar-refractivity contribution in [3.05, 3.63) is 64.7 Å². The Morgan fingerprint density at radius 3 is 2.28 bits per heavy atom. The molecule has 0 amide bonds. The molecule has 0 unspecified atom stereocenters. The van der Waals surface area contributed by atoms with Gasteiger partial charge in [0.15, 0.2) is 0 Å². The van der Waals surface area contributed by atoms with E-state index in [9.17, 15) is 21.6 Å². The lowest BCUT2D eigenvalue weighted by Crippen LogP contribution is -2.38. The average Bonchev–Trinajstić information content (AvgIpc) is 3.00. The van der Waals surface area contributed by atoms with Crippen LogP contribution < -0.4 is 4.72 Å². The van der Waals surface area contributed by atoms with Crippen LogP contribution in [0, 0.1) is 6.92 Å². The highest BCUT2D eigenvalue weighted by Crippen LogP contribution is 2.34. The third-order valence-electron chi connectivity index (χ3n) is 4.39. The first kappa shape index (κ1) is 17.9. The number of halogens is 3. The number of nitrogens with one attached hydrogen (secondary N) is 1. The number of benzene rings is 2. The van der Waals surface area contributed by atoms with Crippen molar-refractivity contribution in [3.63, 3.8) is 0 Å². The quantitative estimate of drug-likeness (QED) is 0.883. The molecule has 2 aromatic rings. The van der Waals surface area contributed by atoms with Crippen LogP contribution in [0.1, 0.15) is 34.7 Å². The summed E-state index contributed by atoms with van der Waals surface area (Å²) in [5.74, 6) is 0. The van der Waals surface area contributed by atoms with Gasteiger partial charge in [0.05, 0.1) is 4.90 Å². The molecule has 0 bridgehead atoms. The van der Waals surface area contributed by atoms with Gasteiger partial charge < -0.3 is 0 Å². The van der Waals surface area contributed by atoms with Gasteiger partial charge in [-0.1, -0.05) is 35.9 Å². The zero-order valence-corrected chi connectivity index (χ0v) is 14.4. The lowest BCUT2D eigenvalue weighted by molar-refractivity contribution is -0.153. The van der Waals surface area contributed by atoms with Crippen molar-refractivity contribution in [2.24, 2.45) is 0 Å². The van der Waals surface area contributed by atoms with Crippen molar-refractivity contribution >= 4 is 10.0 Å². The van der Waals surface area contributed by atoms with Crippen molar-refractivity contribution in [3.8, 4) is 0 Å². The fourth-order valence-electron chi connectivity index (χ4n) is 3.02. The van der Waals surface area contributed by atoms with E-state index in [1.54, 1.807) is 13.0 Å². The van der Waals surface area contributed by atoms with E-state index in [4.69, 9.17) is 0 Å². The highest BCUT2D eigenvalue weighted by Gasteiger charge is 2.43. The maximum atomic E-state index is 13.4. The van der Waals surface area contributed by atoms with E-state index < -0.39 is 22.2 Å². The molecular formula is C18H18F3NO2S. The Morgan fingerprint density at radius 1 is 1.00 bits per heavy atom. The van der Waals surface area contributed by atoms with Gasteiger partial charge in [-0.05, 0) is 55.0 Å². The number of aryl methyl sites for hydroxylation is 3. The van der Waals surface area contributed by atoms with Crippen LogP contribution in [-0.4, -0.2) is 14.6 Å². The summed E-state index contributed by atoms with van der Waals surface area (Å²) in [6.07, 6.45) is -2.18. The molecule has 1 atom stereocenters. The zero-order chi connectivity index (χ0) is 18.2. The molecule has 1 aliphatic rings. The van der Waals surface area contributed by atoms with Crippen LogP contribution in [0.2, 0.25) is 0 Å². The molecule has 0 radical (unpaired) electrons. The number of rotatable bonds is 4. The molecule has 0 saturated heterocycles. The van der Waals surface area contributed by atoms with Crippen molar-refractivity contribution in [2.75, 3.05) is 0 Å². The van der Waals surface area contributed by atoms with Gasteiger partial charge in [0, 0.05) is 0 Å². The molecule has 2 aromatic carbocycles. The van der Waals surface area contributed by atoms with Crippen LogP contribution in [0.4, 0.5) is 13.2 Å². The Kier molecular flexibility index (Phi) is 4.64. The van der Waals surface area contributed by atoms with Gasteiger partial charge in [0.25, 0.3) is 0 Å². The van der Waals surface area contributed by atoms with Gasteiger partial charge >= 0.3 is 6.18 Å². The minimum atomic E-state index is -4.74. The Hall–Kier alpha value is -1.86. The maximum Gasteiger partial charge on any atom is 0.408 e. The average molecular weight is 369 g/mol. The van der Waals surface area contributed by atoms with E-state index in [-0.39, 0.29) is 10.5 Å². The number of alkyl halides is 3. The molecule has 0 aromatic heterocycles.